The highest BCUT2D eigenvalue weighted by atomic mass is 16.4. The molecule has 0 bridgehead atoms. The molecule has 0 atom stereocenters. The average molecular weight is 232 g/mol. The molecule has 8 heteroatoms. The minimum absolute atomic E-state index is 0.169. The van der Waals surface area contributed by atoms with Crippen LogP contribution in [0, 0.1) is 0 Å². The van der Waals surface area contributed by atoms with Crippen LogP contribution in [0.2, 0.25) is 0 Å². The van der Waals surface area contributed by atoms with Crippen molar-refractivity contribution in [3.8, 4) is 11.5 Å². The maximum atomic E-state index is 8.78. The SMILES string of the molecule is NC(=O)O.NC(=O)O.Oc1ccc(O)cc1. The molecule has 1 aromatic carbocycles. The van der Waals surface area contributed by atoms with Gasteiger partial charge in [0.25, 0.3) is 0 Å². The monoisotopic (exact) mass is 232 g/mol. The van der Waals surface area contributed by atoms with Crippen LogP contribution < -0.4 is 11.5 Å². The predicted molar refractivity (Wildman–Crippen MR) is 54.2 cm³/mol. The summed E-state index contributed by atoms with van der Waals surface area (Å²) in [4.78, 5) is 17.6. The Bertz CT molecular complexity index is 283. The van der Waals surface area contributed by atoms with Crippen molar-refractivity contribution >= 4 is 12.2 Å². The molecule has 0 aromatic heterocycles. The van der Waals surface area contributed by atoms with Crippen molar-refractivity contribution in [3.05, 3.63) is 24.3 Å². The van der Waals surface area contributed by atoms with Gasteiger partial charge in [0.2, 0.25) is 0 Å². The standard InChI is InChI=1S/C6H6O2.2CH3NO2/c7-5-1-2-6(8)4-3-5;2*2-1(3)4/h1-4,7-8H;2*2H2,(H,3,4). The fourth-order valence-corrected chi connectivity index (χ4v) is 0.453. The van der Waals surface area contributed by atoms with E-state index in [4.69, 9.17) is 30.0 Å². The van der Waals surface area contributed by atoms with Crippen LogP contribution in [0.15, 0.2) is 24.3 Å². The highest BCUT2D eigenvalue weighted by molar-refractivity contribution is 5.61. The number of carboxylic acid groups (broad SMARTS) is 2. The molecule has 0 saturated carbocycles. The van der Waals surface area contributed by atoms with Crippen LogP contribution >= 0.6 is 0 Å². The molecule has 0 aliphatic rings. The van der Waals surface area contributed by atoms with Gasteiger partial charge in [-0.25, -0.2) is 9.59 Å². The van der Waals surface area contributed by atoms with Gasteiger partial charge < -0.3 is 31.9 Å². The maximum Gasteiger partial charge on any atom is 0.402 e. The van der Waals surface area contributed by atoms with Gasteiger partial charge in [0.15, 0.2) is 0 Å². The molecule has 1 aromatic rings. The number of hydrogen-bond donors (Lipinski definition) is 6. The first kappa shape index (κ1) is 15.8. The quantitative estimate of drug-likeness (QED) is 0.352. The number of phenolic OH excluding ortho intramolecular Hbond substituents is 2. The second kappa shape index (κ2) is 8.94. The lowest BCUT2D eigenvalue weighted by Crippen LogP contribution is -2.03. The minimum atomic E-state index is -1.33. The van der Waals surface area contributed by atoms with E-state index >= 15 is 0 Å². The Morgan fingerprint density at radius 1 is 0.812 bits per heavy atom. The fourth-order valence-electron chi connectivity index (χ4n) is 0.453. The second-order valence-corrected chi connectivity index (χ2v) is 2.19. The molecule has 0 radical (unpaired) electrons. The van der Waals surface area contributed by atoms with Gasteiger partial charge in [-0.3, -0.25) is 0 Å². The molecule has 0 aliphatic heterocycles. The zero-order valence-corrected chi connectivity index (χ0v) is 8.07. The van der Waals surface area contributed by atoms with E-state index in [0.29, 0.717) is 0 Å². The Kier molecular flexibility index (Phi) is 8.83. The Hall–Kier alpha value is -2.64. The number of carbonyl (C=O) groups is 2. The third kappa shape index (κ3) is 22.5. The Balaban J connectivity index is 0. The molecule has 8 nitrogen and oxygen atoms in total. The molecular weight excluding hydrogens is 220 g/mol. The van der Waals surface area contributed by atoms with Crippen molar-refractivity contribution in [2.75, 3.05) is 0 Å². The van der Waals surface area contributed by atoms with E-state index in [0.717, 1.165) is 0 Å². The lowest BCUT2D eigenvalue weighted by molar-refractivity contribution is 0.204. The predicted octanol–water partition coefficient (Wildman–Crippen LogP) is 0.344. The van der Waals surface area contributed by atoms with Gasteiger partial charge in [-0.1, -0.05) is 0 Å². The van der Waals surface area contributed by atoms with Crippen molar-refractivity contribution in [1.29, 1.82) is 0 Å². The summed E-state index contributed by atoms with van der Waals surface area (Å²) < 4.78 is 0. The van der Waals surface area contributed by atoms with Crippen molar-refractivity contribution in [2.24, 2.45) is 11.5 Å². The van der Waals surface area contributed by atoms with Crippen molar-refractivity contribution in [3.63, 3.8) is 0 Å². The van der Waals surface area contributed by atoms with Crippen molar-refractivity contribution in [2.45, 2.75) is 0 Å². The lowest BCUT2D eigenvalue weighted by atomic mass is 10.3. The zero-order chi connectivity index (χ0) is 13.1. The highest BCUT2D eigenvalue weighted by Crippen LogP contribution is 2.13. The summed E-state index contributed by atoms with van der Waals surface area (Å²) in [6.07, 6.45) is -2.67. The summed E-state index contributed by atoms with van der Waals surface area (Å²) >= 11 is 0. The third-order valence-electron chi connectivity index (χ3n) is 0.850. The van der Waals surface area contributed by atoms with Gasteiger partial charge in [-0.2, -0.15) is 0 Å². The Labute approximate surface area is 90.4 Å². The molecule has 90 valence electrons. The lowest BCUT2D eigenvalue weighted by Gasteiger charge is -1.88. The number of nitrogens with two attached hydrogens (primary N) is 2. The number of primary amides is 2. The third-order valence-corrected chi connectivity index (χ3v) is 0.850. The smallest absolute Gasteiger partial charge is 0.402 e. The van der Waals surface area contributed by atoms with Crippen LogP contribution in [0.5, 0.6) is 11.5 Å². The summed E-state index contributed by atoms with van der Waals surface area (Å²) in [5.41, 5.74) is 8.06. The molecule has 0 aliphatic carbocycles. The van der Waals surface area contributed by atoms with Crippen molar-refractivity contribution < 1.29 is 30.0 Å². The number of hydrogen-bond acceptors (Lipinski definition) is 4. The van der Waals surface area contributed by atoms with Crippen LogP contribution in [-0.4, -0.2) is 32.6 Å². The van der Waals surface area contributed by atoms with Crippen LogP contribution in [0.1, 0.15) is 0 Å². The maximum absolute atomic E-state index is 8.78. The van der Waals surface area contributed by atoms with Gasteiger partial charge in [-0.05, 0) is 24.3 Å². The normalized spacial score (nSPS) is 7.50. The van der Waals surface area contributed by atoms with Crippen LogP contribution in [0.25, 0.3) is 0 Å². The average Bonchev–Trinajstić information content (AvgIpc) is 2.08. The highest BCUT2D eigenvalue weighted by Gasteiger charge is 1.84. The minimum Gasteiger partial charge on any atom is -0.508 e. The topological polar surface area (TPSA) is 167 Å². The fraction of sp³-hybridized carbons (Fsp3) is 0. The van der Waals surface area contributed by atoms with Gasteiger partial charge in [-0.15, -0.1) is 0 Å². The first-order valence-electron chi connectivity index (χ1n) is 3.70. The van der Waals surface area contributed by atoms with E-state index in [2.05, 4.69) is 11.5 Å². The molecule has 16 heavy (non-hydrogen) atoms. The number of phenols is 2. The van der Waals surface area contributed by atoms with Crippen LogP contribution in [0.4, 0.5) is 9.59 Å². The van der Waals surface area contributed by atoms with Gasteiger partial charge >= 0.3 is 12.2 Å². The van der Waals surface area contributed by atoms with Gasteiger partial charge in [0.05, 0.1) is 0 Å². The molecule has 0 fully saturated rings. The molecule has 0 saturated heterocycles. The first-order chi connectivity index (χ1) is 7.25. The van der Waals surface area contributed by atoms with E-state index in [1.807, 2.05) is 0 Å². The van der Waals surface area contributed by atoms with Crippen LogP contribution in [-0.2, 0) is 0 Å². The van der Waals surface area contributed by atoms with E-state index in [1.54, 1.807) is 0 Å². The van der Waals surface area contributed by atoms with E-state index in [9.17, 15) is 0 Å². The molecule has 0 spiro atoms. The van der Waals surface area contributed by atoms with Crippen LogP contribution in [0.3, 0.4) is 0 Å². The zero-order valence-electron chi connectivity index (χ0n) is 8.07. The molecule has 2 amide bonds. The van der Waals surface area contributed by atoms with Gasteiger partial charge in [0.1, 0.15) is 11.5 Å². The molecule has 8 N–H and O–H groups in total. The first-order valence-corrected chi connectivity index (χ1v) is 3.70. The molecule has 0 heterocycles. The Morgan fingerprint density at radius 2 is 0.938 bits per heavy atom. The summed E-state index contributed by atoms with van der Waals surface area (Å²) in [6.45, 7) is 0. The summed E-state index contributed by atoms with van der Waals surface area (Å²) in [7, 11) is 0. The summed E-state index contributed by atoms with van der Waals surface area (Å²) in [5.74, 6) is 0.339. The van der Waals surface area contributed by atoms with E-state index < -0.39 is 12.2 Å². The van der Waals surface area contributed by atoms with E-state index in [-0.39, 0.29) is 11.5 Å². The largest absolute Gasteiger partial charge is 0.508 e. The van der Waals surface area contributed by atoms with Gasteiger partial charge in [0, 0.05) is 0 Å². The molecule has 1 rings (SSSR count). The second-order valence-electron chi connectivity index (χ2n) is 2.19. The number of benzene rings is 1. The number of rotatable bonds is 0. The summed E-state index contributed by atoms with van der Waals surface area (Å²) in [6, 6.07) is 5.70. The van der Waals surface area contributed by atoms with Crippen molar-refractivity contribution in [1.82, 2.24) is 0 Å². The number of aromatic hydroxyl groups is 2. The summed E-state index contributed by atoms with van der Waals surface area (Å²) in [5, 5.41) is 31.7. The molecular formula is C8H12N2O6. The number of amides is 2. The van der Waals surface area contributed by atoms with E-state index in [1.165, 1.54) is 24.3 Å². The Morgan fingerprint density at radius 3 is 1.06 bits per heavy atom. The molecule has 0 unspecified atom stereocenters.